The van der Waals surface area contributed by atoms with E-state index in [1.807, 2.05) is 11.0 Å². The van der Waals surface area contributed by atoms with Crippen LogP contribution >= 0.6 is 0 Å². The summed E-state index contributed by atoms with van der Waals surface area (Å²) in [5.74, 6) is 0.740. The number of para-hydroxylation sites is 1. The Hall–Kier alpha value is -1.55. The molecule has 1 aromatic carbocycles. The van der Waals surface area contributed by atoms with Gasteiger partial charge in [0.15, 0.2) is 0 Å². The second kappa shape index (κ2) is 6.69. The quantitative estimate of drug-likeness (QED) is 0.928. The minimum Gasteiger partial charge on any atom is -0.393 e. The van der Waals surface area contributed by atoms with Gasteiger partial charge in [-0.3, -0.25) is 4.79 Å². The van der Waals surface area contributed by atoms with Crippen LogP contribution in [0.25, 0.3) is 0 Å². The number of anilines is 1. The largest absolute Gasteiger partial charge is 0.393 e. The maximum Gasteiger partial charge on any atom is 0.219 e. The van der Waals surface area contributed by atoms with E-state index in [4.69, 9.17) is 0 Å². The molecular weight excluding hydrogens is 276 g/mol. The summed E-state index contributed by atoms with van der Waals surface area (Å²) in [5.41, 5.74) is 1.30. The monoisotopic (exact) mass is 302 g/mol. The fourth-order valence-corrected chi connectivity index (χ4v) is 3.64. The Bertz CT molecular complexity index is 491. The van der Waals surface area contributed by atoms with E-state index in [1.165, 1.54) is 5.69 Å². The van der Waals surface area contributed by atoms with Crippen LogP contribution in [0.3, 0.4) is 0 Å². The lowest BCUT2D eigenvalue weighted by Gasteiger charge is -2.43. The molecule has 22 heavy (non-hydrogen) atoms. The van der Waals surface area contributed by atoms with Crippen LogP contribution < -0.4 is 4.90 Å². The molecule has 0 spiro atoms. The third-order valence-corrected chi connectivity index (χ3v) is 5.12. The Kier molecular flexibility index (Phi) is 4.67. The third-order valence-electron chi connectivity index (χ3n) is 5.12. The average Bonchev–Trinajstić information content (AvgIpc) is 2.51. The Labute approximate surface area is 132 Å². The molecule has 0 atom stereocenters. The zero-order chi connectivity index (χ0) is 15.5. The third kappa shape index (κ3) is 3.43. The van der Waals surface area contributed by atoms with Crippen LogP contribution in [0.5, 0.6) is 0 Å². The predicted octanol–water partition coefficient (Wildman–Crippen LogP) is 2.27. The molecule has 1 aliphatic carbocycles. The second-order valence-electron chi connectivity index (χ2n) is 6.72. The Balaban J connectivity index is 1.51. The maximum absolute atomic E-state index is 11.9. The van der Waals surface area contributed by atoms with Gasteiger partial charge in [-0.1, -0.05) is 18.2 Å². The van der Waals surface area contributed by atoms with Gasteiger partial charge < -0.3 is 14.9 Å². The molecule has 4 nitrogen and oxygen atoms in total. The maximum atomic E-state index is 11.9. The van der Waals surface area contributed by atoms with Crippen molar-refractivity contribution < 1.29 is 9.90 Å². The number of hydrogen-bond donors (Lipinski definition) is 1. The number of nitrogens with zero attached hydrogens (tertiary/aromatic N) is 2. The highest BCUT2D eigenvalue weighted by Crippen LogP contribution is 2.29. The van der Waals surface area contributed by atoms with Gasteiger partial charge >= 0.3 is 0 Å². The van der Waals surface area contributed by atoms with Gasteiger partial charge in [-0.25, -0.2) is 0 Å². The summed E-state index contributed by atoms with van der Waals surface area (Å²) < 4.78 is 0. The van der Waals surface area contributed by atoms with E-state index in [2.05, 4.69) is 29.2 Å². The fourth-order valence-electron chi connectivity index (χ4n) is 3.64. The van der Waals surface area contributed by atoms with E-state index in [1.54, 1.807) is 6.92 Å². The molecule has 0 radical (unpaired) electrons. The van der Waals surface area contributed by atoms with Gasteiger partial charge in [0.1, 0.15) is 0 Å². The topological polar surface area (TPSA) is 43.8 Å². The summed E-state index contributed by atoms with van der Waals surface area (Å²) in [4.78, 5) is 16.3. The first-order chi connectivity index (χ1) is 10.6. The minimum atomic E-state index is -0.202. The van der Waals surface area contributed by atoms with Crippen molar-refractivity contribution in [3.05, 3.63) is 30.3 Å². The van der Waals surface area contributed by atoms with Crippen molar-refractivity contribution in [1.29, 1.82) is 0 Å². The normalized spacial score (nSPS) is 25.6. The molecular formula is C18H26N2O2. The van der Waals surface area contributed by atoms with E-state index in [9.17, 15) is 9.90 Å². The van der Waals surface area contributed by atoms with Crippen molar-refractivity contribution in [2.24, 2.45) is 5.92 Å². The first kappa shape index (κ1) is 15.3. The number of amides is 1. The Morgan fingerprint density at radius 1 is 1.23 bits per heavy atom. The van der Waals surface area contributed by atoms with E-state index >= 15 is 0 Å². The van der Waals surface area contributed by atoms with Crippen molar-refractivity contribution in [3.8, 4) is 0 Å². The van der Waals surface area contributed by atoms with Gasteiger partial charge in [-0.05, 0) is 43.7 Å². The highest BCUT2D eigenvalue weighted by molar-refractivity contribution is 5.73. The lowest BCUT2D eigenvalue weighted by Crippen LogP contribution is -2.51. The van der Waals surface area contributed by atoms with E-state index in [0.717, 1.165) is 45.3 Å². The number of aliphatic hydroxyl groups is 1. The number of rotatable bonds is 4. The number of piperidine rings is 1. The van der Waals surface area contributed by atoms with Crippen LogP contribution in [0.1, 0.15) is 32.6 Å². The summed E-state index contributed by atoms with van der Waals surface area (Å²) in [6.07, 6.45) is 3.57. The van der Waals surface area contributed by atoms with E-state index in [-0.39, 0.29) is 18.1 Å². The lowest BCUT2D eigenvalue weighted by atomic mass is 9.86. The van der Waals surface area contributed by atoms with Crippen LogP contribution in [0.2, 0.25) is 0 Å². The van der Waals surface area contributed by atoms with Gasteiger partial charge in [-0.15, -0.1) is 0 Å². The zero-order valence-corrected chi connectivity index (χ0v) is 13.3. The van der Waals surface area contributed by atoms with Crippen molar-refractivity contribution in [2.45, 2.75) is 44.8 Å². The molecule has 1 saturated heterocycles. The molecule has 3 rings (SSSR count). The predicted molar refractivity (Wildman–Crippen MR) is 87.8 cm³/mol. The number of carbonyl (C=O) groups is 1. The molecule has 1 amide bonds. The van der Waals surface area contributed by atoms with Gasteiger partial charge in [0.05, 0.1) is 6.10 Å². The van der Waals surface area contributed by atoms with Crippen molar-refractivity contribution in [2.75, 3.05) is 24.5 Å². The molecule has 4 heteroatoms. The summed E-state index contributed by atoms with van der Waals surface area (Å²) in [7, 11) is 0. The molecule has 1 saturated carbocycles. The summed E-state index contributed by atoms with van der Waals surface area (Å²) in [5, 5.41) is 9.47. The Morgan fingerprint density at radius 3 is 2.41 bits per heavy atom. The standard InChI is InChI=1S/C18H26N2O2/c1-14(21)20(17-11-18(22)12-17)13-15-7-9-19(10-8-15)16-5-3-2-4-6-16/h2-6,15,17-18,22H,7-13H2,1H3. The average molecular weight is 302 g/mol. The van der Waals surface area contributed by atoms with E-state index in [0.29, 0.717) is 5.92 Å². The number of carbonyl (C=O) groups excluding carboxylic acids is 1. The van der Waals surface area contributed by atoms with Crippen LogP contribution in [-0.2, 0) is 4.79 Å². The van der Waals surface area contributed by atoms with Gasteiger partial charge in [0, 0.05) is 38.3 Å². The van der Waals surface area contributed by atoms with Crippen molar-refractivity contribution >= 4 is 11.6 Å². The molecule has 0 unspecified atom stereocenters. The van der Waals surface area contributed by atoms with Crippen LogP contribution in [0.15, 0.2) is 30.3 Å². The zero-order valence-electron chi connectivity index (χ0n) is 13.3. The molecule has 2 fully saturated rings. The van der Waals surface area contributed by atoms with Gasteiger partial charge in [0.2, 0.25) is 5.91 Å². The fraction of sp³-hybridized carbons (Fsp3) is 0.611. The molecule has 1 N–H and O–H groups in total. The van der Waals surface area contributed by atoms with E-state index < -0.39 is 0 Å². The highest BCUT2D eigenvalue weighted by Gasteiger charge is 2.35. The summed E-state index contributed by atoms with van der Waals surface area (Å²) in [6.45, 7) is 4.64. The van der Waals surface area contributed by atoms with Crippen LogP contribution in [0, 0.1) is 5.92 Å². The molecule has 120 valence electrons. The molecule has 1 aliphatic heterocycles. The first-order valence-corrected chi connectivity index (χ1v) is 8.38. The molecule has 1 aromatic rings. The number of aliphatic hydroxyl groups excluding tert-OH is 1. The molecule has 0 bridgehead atoms. The molecule has 1 heterocycles. The molecule has 2 aliphatic rings. The molecule has 0 aromatic heterocycles. The lowest BCUT2D eigenvalue weighted by molar-refractivity contribution is -0.136. The SMILES string of the molecule is CC(=O)N(CC1CCN(c2ccccc2)CC1)C1CC(O)C1. The summed E-state index contributed by atoms with van der Waals surface area (Å²) >= 11 is 0. The number of benzene rings is 1. The number of hydrogen-bond acceptors (Lipinski definition) is 3. The smallest absolute Gasteiger partial charge is 0.219 e. The highest BCUT2D eigenvalue weighted by atomic mass is 16.3. The first-order valence-electron chi connectivity index (χ1n) is 8.38. The minimum absolute atomic E-state index is 0.155. The van der Waals surface area contributed by atoms with Crippen LogP contribution in [-0.4, -0.2) is 47.7 Å². The van der Waals surface area contributed by atoms with Crippen molar-refractivity contribution in [3.63, 3.8) is 0 Å². The van der Waals surface area contributed by atoms with Crippen LogP contribution in [0.4, 0.5) is 5.69 Å². The second-order valence-corrected chi connectivity index (χ2v) is 6.72. The Morgan fingerprint density at radius 2 is 1.86 bits per heavy atom. The van der Waals surface area contributed by atoms with Crippen molar-refractivity contribution in [1.82, 2.24) is 4.90 Å². The summed E-state index contributed by atoms with van der Waals surface area (Å²) in [6, 6.07) is 10.8. The van der Waals surface area contributed by atoms with Gasteiger partial charge in [0.25, 0.3) is 0 Å². The van der Waals surface area contributed by atoms with Gasteiger partial charge in [-0.2, -0.15) is 0 Å².